The van der Waals surface area contributed by atoms with Crippen molar-refractivity contribution in [2.75, 3.05) is 51.9 Å². The fraction of sp³-hybridized carbons (Fsp3) is 0.321. The third kappa shape index (κ3) is 6.07. The molecule has 4 aromatic rings. The number of hydrogen-bond donors (Lipinski definition) is 1. The number of methoxy groups -OCH3 is 1. The van der Waals surface area contributed by atoms with Gasteiger partial charge in [-0.3, -0.25) is 15.0 Å². The number of hydrogen-bond acceptors (Lipinski definition) is 8. The lowest BCUT2D eigenvalue weighted by molar-refractivity contribution is 0.0368. The van der Waals surface area contributed by atoms with Crippen LogP contribution in [0.25, 0.3) is 21.0 Å². The van der Waals surface area contributed by atoms with Crippen molar-refractivity contribution in [3.05, 3.63) is 65.7 Å². The van der Waals surface area contributed by atoms with Crippen LogP contribution < -0.4 is 10.1 Å². The highest BCUT2D eigenvalue weighted by atomic mass is 32.1. The molecule has 2 heterocycles. The Morgan fingerprint density at radius 3 is 2.62 bits per heavy atom. The summed E-state index contributed by atoms with van der Waals surface area (Å²) in [5.41, 5.74) is 1.60. The molecule has 0 saturated carbocycles. The average molecular weight is 520 g/mol. The first-order valence-electron chi connectivity index (χ1n) is 12.4. The minimum atomic E-state index is -0.413. The number of nitrogens with one attached hydrogen (secondary N) is 1. The number of amides is 1. The van der Waals surface area contributed by atoms with Crippen molar-refractivity contribution < 1.29 is 23.8 Å². The van der Waals surface area contributed by atoms with E-state index in [1.54, 1.807) is 18.2 Å². The van der Waals surface area contributed by atoms with Gasteiger partial charge in [0.25, 0.3) is 5.91 Å². The highest BCUT2D eigenvalue weighted by molar-refractivity contribution is 7.22. The quantitative estimate of drug-likeness (QED) is 0.246. The number of ether oxygens (including phenoxy) is 3. The summed E-state index contributed by atoms with van der Waals surface area (Å²) in [7, 11) is 1.35. The van der Waals surface area contributed by atoms with Crippen LogP contribution in [-0.4, -0.2) is 68.3 Å². The van der Waals surface area contributed by atoms with Gasteiger partial charge < -0.3 is 14.2 Å². The number of benzene rings is 3. The maximum absolute atomic E-state index is 13.4. The molecule has 1 aliphatic heterocycles. The summed E-state index contributed by atoms with van der Waals surface area (Å²) in [5.74, 6) is -0.151. The van der Waals surface area contributed by atoms with E-state index in [0.29, 0.717) is 34.1 Å². The second-order valence-corrected chi connectivity index (χ2v) is 9.88. The number of morpholine rings is 1. The largest absolute Gasteiger partial charge is 0.493 e. The number of carbonyl (C=O) groups is 2. The van der Waals surface area contributed by atoms with Crippen molar-refractivity contribution in [1.82, 2.24) is 9.88 Å². The van der Waals surface area contributed by atoms with E-state index in [1.807, 2.05) is 36.4 Å². The lowest BCUT2D eigenvalue weighted by Crippen LogP contribution is -2.36. The Labute approximate surface area is 219 Å². The van der Waals surface area contributed by atoms with Crippen LogP contribution in [0.4, 0.5) is 5.13 Å². The minimum Gasteiger partial charge on any atom is -0.493 e. The summed E-state index contributed by atoms with van der Waals surface area (Å²) in [6, 6.07) is 16.8. The van der Waals surface area contributed by atoms with E-state index in [1.165, 1.54) is 18.4 Å². The molecular formula is C28H29N3O5S. The number of carbonyl (C=O) groups excluding carboxylic acids is 2. The zero-order valence-electron chi connectivity index (χ0n) is 20.7. The Morgan fingerprint density at radius 1 is 1.05 bits per heavy atom. The molecule has 0 unspecified atom stereocenters. The molecule has 0 aliphatic carbocycles. The van der Waals surface area contributed by atoms with Gasteiger partial charge in [0, 0.05) is 13.1 Å². The van der Waals surface area contributed by atoms with Crippen LogP contribution in [0.1, 0.15) is 33.6 Å². The zero-order chi connectivity index (χ0) is 25.6. The molecular weight excluding hydrogens is 490 g/mol. The topological polar surface area (TPSA) is 90.0 Å². The maximum Gasteiger partial charge on any atom is 0.337 e. The Balaban J connectivity index is 1.29. The first-order chi connectivity index (χ1) is 18.1. The van der Waals surface area contributed by atoms with E-state index in [0.717, 1.165) is 61.2 Å². The second-order valence-electron chi connectivity index (χ2n) is 8.85. The van der Waals surface area contributed by atoms with Crippen molar-refractivity contribution in [2.45, 2.75) is 12.8 Å². The van der Waals surface area contributed by atoms with Gasteiger partial charge in [-0.1, -0.05) is 35.6 Å². The molecule has 1 aromatic heterocycles. The first-order valence-corrected chi connectivity index (χ1v) is 13.2. The van der Waals surface area contributed by atoms with Crippen LogP contribution in [0.3, 0.4) is 0 Å². The summed E-state index contributed by atoms with van der Waals surface area (Å²) >= 11 is 1.30. The molecule has 192 valence electrons. The number of esters is 1. The van der Waals surface area contributed by atoms with Crippen molar-refractivity contribution in [2.24, 2.45) is 0 Å². The molecule has 1 saturated heterocycles. The van der Waals surface area contributed by atoms with E-state index in [2.05, 4.69) is 15.2 Å². The molecule has 0 radical (unpaired) electrons. The molecule has 3 aromatic carbocycles. The normalized spacial score (nSPS) is 14.1. The molecule has 1 aliphatic rings. The van der Waals surface area contributed by atoms with Crippen LogP contribution in [0.2, 0.25) is 0 Å². The van der Waals surface area contributed by atoms with Gasteiger partial charge in [0.15, 0.2) is 5.13 Å². The SMILES string of the molecule is COC(=O)c1ccc2nc(NC(=O)c3cc4ccccc4cc3OCCCCN3CCOCC3)sc2c1. The number of fused-ring (bicyclic) bond motifs is 2. The lowest BCUT2D eigenvalue weighted by atomic mass is 10.1. The number of nitrogens with zero attached hydrogens (tertiary/aromatic N) is 2. The Morgan fingerprint density at radius 2 is 1.84 bits per heavy atom. The minimum absolute atomic E-state index is 0.290. The molecule has 5 rings (SSSR count). The van der Waals surface area contributed by atoms with E-state index in [4.69, 9.17) is 14.2 Å². The van der Waals surface area contributed by atoms with E-state index >= 15 is 0 Å². The molecule has 37 heavy (non-hydrogen) atoms. The van der Waals surface area contributed by atoms with Crippen LogP contribution >= 0.6 is 11.3 Å². The van der Waals surface area contributed by atoms with Crippen molar-refractivity contribution >= 4 is 49.3 Å². The number of thiazole rings is 1. The molecule has 1 N–H and O–H groups in total. The first kappa shape index (κ1) is 25.1. The molecule has 1 fully saturated rings. The predicted octanol–water partition coefficient (Wildman–Crippen LogP) is 4.98. The van der Waals surface area contributed by atoms with Gasteiger partial charge in [-0.25, -0.2) is 9.78 Å². The summed E-state index contributed by atoms with van der Waals surface area (Å²) in [6.07, 6.45) is 1.92. The third-order valence-corrected chi connectivity index (χ3v) is 7.29. The van der Waals surface area contributed by atoms with Gasteiger partial charge in [0.2, 0.25) is 0 Å². The number of unbranched alkanes of at least 4 members (excludes halogenated alkanes) is 1. The molecule has 0 atom stereocenters. The van der Waals surface area contributed by atoms with Gasteiger partial charge >= 0.3 is 5.97 Å². The molecule has 8 nitrogen and oxygen atoms in total. The molecule has 0 bridgehead atoms. The zero-order valence-corrected chi connectivity index (χ0v) is 21.5. The van der Waals surface area contributed by atoms with Crippen molar-refractivity contribution in [3.63, 3.8) is 0 Å². The molecule has 9 heteroatoms. The summed E-state index contributed by atoms with van der Waals surface area (Å²) in [6.45, 7) is 5.10. The fourth-order valence-corrected chi connectivity index (χ4v) is 5.25. The van der Waals surface area contributed by atoms with Crippen LogP contribution in [0.5, 0.6) is 5.75 Å². The highest BCUT2D eigenvalue weighted by Crippen LogP contribution is 2.30. The van der Waals surface area contributed by atoms with Gasteiger partial charge in [0.1, 0.15) is 5.75 Å². The average Bonchev–Trinajstić information content (AvgIpc) is 3.34. The summed E-state index contributed by atoms with van der Waals surface area (Å²) in [5, 5.41) is 5.33. The Hall–Kier alpha value is -3.53. The van der Waals surface area contributed by atoms with Crippen molar-refractivity contribution in [3.8, 4) is 5.75 Å². The maximum atomic E-state index is 13.4. The number of rotatable bonds is 9. The second kappa shape index (κ2) is 11.7. The monoisotopic (exact) mass is 519 g/mol. The molecule has 1 amide bonds. The van der Waals surface area contributed by atoms with E-state index in [9.17, 15) is 9.59 Å². The highest BCUT2D eigenvalue weighted by Gasteiger charge is 2.17. The smallest absolute Gasteiger partial charge is 0.337 e. The van der Waals surface area contributed by atoms with E-state index in [-0.39, 0.29) is 5.91 Å². The van der Waals surface area contributed by atoms with Crippen molar-refractivity contribution in [1.29, 1.82) is 0 Å². The van der Waals surface area contributed by atoms with Crippen LogP contribution in [0, 0.1) is 0 Å². The van der Waals surface area contributed by atoms with E-state index < -0.39 is 5.97 Å². The van der Waals surface area contributed by atoms with Gasteiger partial charge in [0.05, 0.1) is 48.3 Å². The predicted molar refractivity (Wildman–Crippen MR) is 145 cm³/mol. The van der Waals surface area contributed by atoms with Crippen LogP contribution in [-0.2, 0) is 9.47 Å². The van der Waals surface area contributed by atoms with Gasteiger partial charge in [-0.05, 0) is 60.5 Å². The third-order valence-electron chi connectivity index (χ3n) is 6.35. The Bertz CT molecular complexity index is 1410. The van der Waals surface area contributed by atoms with Crippen LogP contribution in [0.15, 0.2) is 54.6 Å². The van der Waals surface area contributed by atoms with Gasteiger partial charge in [-0.2, -0.15) is 0 Å². The summed E-state index contributed by atoms with van der Waals surface area (Å²) in [4.78, 5) is 32.1. The Kier molecular flexibility index (Phi) is 7.93. The number of anilines is 1. The number of aromatic nitrogens is 1. The standard InChI is InChI=1S/C28H29N3O5S/c1-34-27(33)21-8-9-23-25(18-21)37-28(29-23)30-26(32)22-16-19-6-2-3-7-20(19)17-24(22)36-13-5-4-10-31-11-14-35-15-12-31/h2-3,6-9,16-18H,4-5,10-15H2,1H3,(H,29,30,32). The lowest BCUT2D eigenvalue weighted by Gasteiger charge is -2.26. The molecule has 0 spiro atoms. The summed E-state index contributed by atoms with van der Waals surface area (Å²) < 4.78 is 17.1. The fourth-order valence-electron chi connectivity index (χ4n) is 4.35. The van der Waals surface area contributed by atoms with Gasteiger partial charge in [-0.15, -0.1) is 0 Å².